The van der Waals surface area contributed by atoms with Crippen molar-refractivity contribution in [3.63, 3.8) is 0 Å². The highest BCUT2D eigenvalue weighted by Gasteiger charge is 2.23. The summed E-state index contributed by atoms with van der Waals surface area (Å²) >= 11 is 5.74. The average molecular weight is 306 g/mol. The van der Waals surface area contributed by atoms with E-state index >= 15 is 0 Å². The summed E-state index contributed by atoms with van der Waals surface area (Å²) < 4.78 is 0. The molecule has 6 nitrogen and oxygen atoms in total. The van der Waals surface area contributed by atoms with Crippen molar-refractivity contribution in [1.82, 2.24) is 9.88 Å². The van der Waals surface area contributed by atoms with E-state index < -0.39 is 10.8 Å². The van der Waals surface area contributed by atoms with Crippen LogP contribution in [0.5, 0.6) is 0 Å². The Bertz CT molecular complexity index is 676. The van der Waals surface area contributed by atoms with E-state index in [0.717, 1.165) is 5.56 Å². The lowest BCUT2D eigenvalue weighted by Crippen LogP contribution is -2.26. The molecule has 1 aromatic heterocycles. The Labute approximate surface area is 126 Å². The van der Waals surface area contributed by atoms with E-state index in [1.54, 1.807) is 25.5 Å². The maximum atomic E-state index is 12.3. The van der Waals surface area contributed by atoms with E-state index in [4.69, 9.17) is 11.6 Å². The molecule has 0 spiro atoms. The minimum absolute atomic E-state index is 0.00999. The van der Waals surface area contributed by atoms with Crippen molar-refractivity contribution in [3.8, 4) is 0 Å². The normalized spacial score (nSPS) is 10.2. The molecule has 7 heteroatoms. The predicted molar refractivity (Wildman–Crippen MR) is 78.1 cm³/mol. The first-order chi connectivity index (χ1) is 9.99. The molecule has 108 valence electrons. The maximum Gasteiger partial charge on any atom is 0.283 e. The zero-order valence-electron chi connectivity index (χ0n) is 11.2. The fourth-order valence-electron chi connectivity index (χ4n) is 1.88. The monoisotopic (exact) mass is 305 g/mol. The second-order valence-corrected chi connectivity index (χ2v) is 4.88. The van der Waals surface area contributed by atoms with Crippen molar-refractivity contribution in [3.05, 3.63) is 69.0 Å². The number of hydrogen-bond donors (Lipinski definition) is 0. The van der Waals surface area contributed by atoms with Crippen molar-refractivity contribution >= 4 is 23.2 Å². The molecule has 2 aromatic rings. The Balaban J connectivity index is 2.25. The number of hydrogen-bond acceptors (Lipinski definition) is 4. The number of carbonyl (C=O) groups is 1. The summed E-state index contributed by atoms with van der Waals surface area (Å²) in [6.45, 7) is 0.312. The van der Waals surface area contributed by atoms with Gasteiger partial charge >= 0.3 is 0 Å². The van der Waals surface area contributed by atoms with Crippen molar-refractivity contribution in [1.29, 1.82) is 0 Å². The molecule has 0 bridgehead atoms. The Morgan fingerprint density at radius 1 is 1.43 bits per heavy atom. The van der Waals surface area contributed by atoms with Gasteiger partial charge in [0.05, 0.1) is 4.92 Å². The third kappa shape index (κ3) is 3.55. The van der Waals surface area contributed by atoms with Crippen LogP contribution in [0.1, 0.15) is 15.9 Å². The van der Waals surface area contributed by atoms with Crippen LogP contribution < -0.4 is 0 Å². The van der Waals surface area contributed by atoms with E-state index in [0.29, 0.717) is 6.54 Å². The van der Waals surface area contributed by atoms with E-state index in [2.05, 4.69) is 4.98 Å². The van der Waals surface area contributed by atoms with Gasteiger partial charge in [0.25, 0.3) is 11.6 Å². The van der Waals surface area contributed by atoms with Crippen LogP contribution in [0.25, 0.3) is 0 Å². The quantitative estimate of drug-likeness (QED) is 0.643. The molecule has 1 heterocycles. The van der Waals surface area contributed by atoms with Crippen LogP contribution in [0.4, 0.5) is 5.69 Å². The fraction of sp³-hybridized carbons (Fsp3) is 0.143. The fourth-order valence-corrected chi connectivity index (χ4v) is 2.05. The first-order valence-electron chi connectivity index (χ1n) is 6.07. The van der Waals surface area contributed by atoms with Crippen LogP contribution in [0.3, 0.4) is 0 Å². The van der Waals surface area contributed by atoms with E-state index in [1.165, 1.54) is 23.1 Å². The molecule has 0 fully saturated rings. The van der Waals surface area contributed by atoms with Crippen LogP contribution in [-0.4, -0.2) is 27.8 Å². The number of nitro benzene ring substituents is 1. The number of carbonyl (C=O) groups excluding carboxylic acids is 1. The average Bonchev–Trinajstić information content (AvgIpc) is 2.47. The Morgan fingerprint density at radius 3 is 2.81 bits per heavy atom. The summed E-state index contributed by atoms with van der Waals surface area (Å²) in [5.74, 6) is -0.442. The topological polar surface area (TPSA) is 76.3 Å². The van der Waals surface area contributed by atoms with E-state index in [9.17, 15) is 14.9 Å². The standard InChI is InChI=1S/C14H12ClN3O3/c1-17(9-10-3-2-6-16-8-10)14(19)12-5-4-11(15)7-13(12)18(20)21/h2-8H,9H2,1H3. The summed E-state index contributed by atoms with van der Waals surface area (Å²) in [4.78, 5) is 28.1. The van der Waals surface area contributed by atoms with Gasteiger partial charge < -0.3 is 4.90 Å². The molecule has 2 rings (SSSR count). The Morgan fingerprint density at radius 2 is 2.19 bits per heavy atom. The van der Waals surface area contributed by atoms with Gasteiger partial charge in [-0.2, -0.15) is 0 Å². The molecule has 0 saturated heterocycles. The number of halogens is 1. The largest absolute Gasteiger partial charge is 0.337 e. The number of aromatic nitrogens is 1. The first-order valence-corrected chi connectivity index (χ1v) is 6.45. The van der Waals surface area contributed by atoms with Gasteiger partial charge in [-0.05, 0) is 23.8 Å². The highest BCUT2D eigenvalue weighted by atomic mass is 35.5. The van der Waals surface area contributed by atoms with Crippen LogP contribution >= 0.6 is 11.6 Å². The number of pyridine rings is 1. The summed E-state index contributed by atoms with van der Waals surface area (Å²) in [7, 11) is 1.58. The molecule has 0 saturated carbocycles. The van der Waals surface area contributed by atoms with Crippen LogP contribution in [0.2, 0.25) is 5.02 Å². The molecule has 0 atom stereocenters. The van der Waals surface area contributed by atoms with E-state index in [1.807, 2.05) is 6.07 Å². The van der Waals surface area contributed by atoms with Gasteiger partial charge in [0.2, 0.25) is 0 Å². The molecular formula is C14H12ClN3O3. The molecule has 1 amide bonds. The molecule has 1 aromatic carbocycles. The highest BCUT2D eigenvalue weighted by molar-refractivity contribution is 6.31. The molecular weight excluding hydrogens is 294 g/mol. The minimum atomic E-state index is -0.614. The molecule has 0 N–H and O–H groups in total. The third-order valence-electron chi connectivity index (χ3n) is 2.88. The predicted octanol–water partition coefficient (Wildman–Crippen LogP) is 2.92. The van der Waals surface area contributed by atoms with Gasteiger partial charge in [0.1, 0.15) is 5.56 Å². The zero-order chi connectivity index (χ0) is 15.4. The SMILES string of the molecule is CN(Cc1cccnc1)C(=O)c1ccc(Cl)cc1[N+](=O)[O-]. The lowest BCUT2D eigenvalue weighted by molar-refractivity contribution is -0.385. The zero-order valence-corrected chi connectivity index (χ0v) is 11.9. The van der Waals surface area contributed by atoms with Gasteiger partial charge in [-0.15, -0.1) is 0 Å². The molecule has 21 heavy (non-hydrogen) atoms. The Hall–Kier alpha value is -2.47. The molecule has 0 aliphatic rings. The van der Waals surface area contributed by atoms with Crippen LogP contribution in [0.15, 0.2) is 42.7 Å². The summed E-state index contributed by atoms with van der Waals surface area (Å²) in [6.07, 6.45) is 3.27. The van der Waals surface area contributed by atoms with Crippen molar-refractivity contribution in [2.75, 3.05) is 7.05 Å². The van der Waals surface area contributed by atoms with Gasteiger partial charge in [-0.3, -0.25) is 19.9 Å². The minimum Gasteiger partial charge on any atom is -0.337 e. The highest BCUT2D eigenvalue weighted by Crippen LogP contribution is 2.24. The number of nitro groups is 1. The lowest BCUT2D eigenvalue weighted by atomic mass is 10.1. The van der Waals surface area contributed by atoms with Gasteiger partial charge in [-0.25, -0.2) is 0 Å². The smallest absolute Gasteiger partial charge is 0.283 e. The second-order valence-electron chi connectivity index (χ2n) is 4.44. The third-order valence-corrected chi connectivity index (χ3v) is 3.11. The first kappa shape index (κ1) is 14.9. The second kappa shape index (κ2) is 6.32. The van der Waals surface area contributed by atoms with E-state index in [-0.39, 0.29) is 16.3 Å². The number of amides is 1. The van der Waals surface area contributed by atoms with Crippen LogP contribution in [0, 0.1) is 10.1 Å². The summed E-state index contributed by atoms with van der Waals surface area (Å²) in [5, 5.41) is 11.2. The molecule has 0 radical (unpaired) electrons. The number of nitrogens with zero attached hydrogens (tertiary/aromatic N) is 3. The summed E-state index contributed by atoms with van der Waals surface area (Å²) in [5.41, 5.74) is 0.547. The number of benzene rings is 1. The van der Waals surface area contributed by atoms with Crippen LogP contribution in [-0.2, 0) is 6.54 Å². The molecule has 0 aliphatic carbocycles. The van der Waals surface area contributed by atoms with Gasteiger partial charge in [-0.1, -0.05) is 17.7 Å². The molecule has 0 aliphatic heterocycles. The van der Waals surface area contributed by atoms with Gasteiger partial charge in [0, 0.05) is 37.1 Å². The lowest BCUT2D eigenvalue weighted by Gasteiger charge is -2.17. The number of rotatable bonds is 4. The Kier molecular flexibility index (Phi) is 4.49. The molecule has 0 unspecified atom stereocenters. The van der Waals surface area contributed by atoms with Crippen molar-refractivity contribution in [2.45, 2.75) is 6.54 Å². The van der Waals surface area contributed by atoms with Gasteiger partial charge in [0.15, 0.2) is 0 Å². The summed E-state index contributed by atoms with van der Waals surface area (Å²) in [6, 6.07) is 7.58. The van der Waals surface area contributed by atoms with Crippen molar-refractivity contribution in [2.24, 2.45) is 0 Å². The maximum absolute atomic E-state index is 12.3. The van der Waals surface area contributed by atoms with Crippen molar-refractivity contribution < 1.29 is 9.72 Å².